The molecule has 0 unspecified atom stereocenters. The van der Waals surface area contributed by atoms with Gasteiger partial charge in [-0.05, 0) is 28.9 Å². The van der Waals surface area contributed by atoms with Crippen LogP contribution >= 0.6 is 27.3 Å². The van der Waals surface area contributed by atoms with Crippen LogP contribution in [0.2, 0.25) is 0 Å². The van der Waals surface area contributed by atoms with Gasteiger partial charge < -0.3 is 5.11 Å². The molecule has 19 heavy (non-hydrogen) atoms. The Morgan fingerprint density at radius 2 is 2.32 bits per heavy atom. The summed E-state index contributed by atoms with van der Waals surface area (Å²) in [6.45, 7) is 2.39. The van der Waals surface area contributed by atoms with E-state index in [9.17, 15) is 8.42 Å². The van der Waals surface area contributed by atoms with Crippen molar-refractivity contribution in [2.45, 2.75) is 25.0 Å². The third-order valence-corrected chi connectivity index (χ3v) is 5.98. The number of aliphatic hydroxyl groups is 1. The van der Waals surface area contributed by atoms with Crippen LogP contribution in [0, 0.1) is 0 Å². The number of aromatic nitrogens is 2. The van der Waals surface area contributed by atoms with E-state index >= 15 is 0 Å². The Bertz CT molecular complexity index is 678. The second kappa shape index (κ2) is 5.61. The maximum Gasteiger partial charge on any atom is 0.263 e. The first-order chi connectivity index (χ1) is 8.96. The summed E-state index contributed by atoms with van der Waals surface area (Å²) in [4.78, 5) is 0.697. The minimum atomic E-state index is -3.68. The molecule has 9 heteroatoms. The minimum absolute atomic E-state index is 0.116. The van der Waals surface area contributed by atoms with Gasteiger partial charge in [-0.25, -0.2) is 8.42 Å². The maximum absolute atomic E-state index is 12.2. The number of thiophene rings is 1. The van der Waals surface area contributed by atoms with Crippen LogP contribution < -0.4 is 4.72 Å². The number of rotatable bonds is 5. The predicted molar refractivity (Wildman–Crippen MR) is 76.7 cm³/mol. The number of nitrogens with one attached hydrogen (secondary N) is 1. The number of aryl methyl sites for hydroxylation is 1. The lowest BCUT2D eigenvalue weighted by Gasteiger charge is -2.04. The van der Waals surface area contributed by atoms with Crippen molar-refractivity contribution in [3.05, 3.63) is 27.1 Å². The van der Waals surface area contributed by atoms with Crippen LogP contribution in [-0.2, 0) is 23.2 Å². The smallest absolute Gasteiger partial charge is 0.263 e. The fraction of sp³-hybridized carbons (Fsp3) is 0.300. The Labute approximate surface area is 123 Å². The molecule has 0 bridgehead atoms. The van der Waals surface area contributed by atoms with Gasteiger partial charge in [0.25, 0.3) is 10.0 Å². The average Bonchev–Trinajstić information content (AvgIpc) is 2.95. The van der Waals surface area contributed by atoms with Crippen molar-refractivity contribution < 1.29 is 13.5 Å². The van der Waals surface area contributed by atoms with Crippen LogP contribution in [0.4, 0.5) is 5.69 Å². The number of hydrogen-bond donors (Lipinski definition) is 2. The molecule has 0 aliphatic carbocycles. The molecule has 2 rings (SSSR count). The number of hydrogen-bond acceptors (Lipinski definition) is 5. The lowest BCUT2D eigenvalue weighted by atomic mass is 10.5. The van der Waals surface area contributed by atoms with Gasteiger partial charge in [0.15, 0.2) is 0 Å². The summed E-state index contributed by atoms with van der Waals surface area (Å²) in [5.74, 6) is 0. The van der Waals surface area contributed by atoms with E-state index in [0.29, 0.717) is 20.9 Å². The van der Waals surface area contributed by atoms with Gasteiger partial charge in [-0.3, -0.25) is 9.40 Å². The summed E-state index contributed by atoms with van der Waals surface area (Å²) in [6.07, 6.45) is 3.07. The van der Waals surface area contributed by atoms with E-state index in [4.69, 9.17) is 5.11 Å². The third kappa shape index (κ3) is 3.16. The van der Waals surface area contributed by atoms with Crippen molar-refractivity contribution >= 4 is 43.0 Å². The summed E-state index contributed by atoms with van der Waals surface area (Å²) in [5.41, 5.74) is 0.408. The van der Waals surface area contributed by atoms with Crippen molar-refractivity contribution in [3.8, 4) is 0 Å². The standard InChI is InChI=1S/C10H12BrN3O3S2/c1-2-14-5-7(4-12-14)13-19(16,17)9-3-8(6-15)18-10(9)11/h3-5,13,15H,2,6H2,1H3. The van der Waals surface area contributed by atoms with Gasteiger partial charge in [0, 0.05) is 17.6 Å². The van der Waals surface area contributed by atoms with Crippen molar-refractivity contribution in [2.24, 2.45) is 0 Å². The minimum Gasteiger partial charge on any atom is -0.391 e. The van der Waals surface area contributed by atoms with Gasteiger partial charge in [0.2, 0.25) is 0 Å². The van der Waals surface area contributed by atoms with Crippen molar-refractivity contribution in [1.29, 1.82) is 0 Å². The SMILES string of the molecule is CCn1cc(NS(=O)(=O)c2cc(CO)sc2Br)cn1. The number of sulfonamides is 1. The molecule has 0 aromatic carbocycles. The molecule has 0 saturated heterocycles. The highest BCUT2D eigenvalue weighted by Gasteiger charge is 2.21. The number of anilines is 1. The zero-order valence-electron chi connectivity index (χ0n) is 10.00. The summed E-state index contributed by atoms with van der Waals surface area (Å²) in [6, 6.07) is 1.45. The second-order valence-corrected chi connectivity index (χ2v) is 7.80. The van der Waals surface area contributed by atoms with Crippen LogP contribution in [0.3, 0.4) is 0 Å². The Balaban J connectivity index is 2.29. The lowest BCUT2D eigenvalue weighted by Crippen LogP contribution is -2.12. The molecule has 0 atom stereocenters. The molecule has 0 aliphatic heterocycles. The van der Waals surface area contributed by atoms with Gasteiger partial charge in [0.05, 0.1) is 22.3 Å². The van der Waals surface area contributed by atoms with E-state index < -0.39 is 10.0 Å². The molecule has 0 spiro atoms. The number of halogens is 1. The highest BCUT2D eigenvalue weighted by molar-refractivity contribution is 9.11. The molecule has 2 N–H and O–H groups in total. The van der Waals surface area contributed by atoms with Gasteiger partial charge >= 0.3 is 0 Å². The predicted octanol–water partition coefficient (Wildman–Crippen LogP) is 2.02. The highest BCUT2D eigenvalue weighted by atomic mass is 79.9. The second-order valence-electron chi connectivity index (χ2n) is 3.70. The first-order valence-corrected chi connectivity index (χ1v) is 8.50. The fourth-order valence-electron chi connectivity index (χ4n) is 1.46. The zero-order chi connectivity index (χ0) is 14.0. The van der Waals surface area contributed by atoms with Crippen LogP contribution in [0.25, 0.3) is 0 Å². The molecule has 0 saturated carbocycles. The molecule has 104 valence electrons. The lowest BCUT2D eigenvalue weighted by molar-refractivity contribution is 0.285. The highest BCUT2D eigenvalue weighted by Crippen LogP contribution is 2.32. The third-order valence-electron chi connectivity index (χ3n) is 2.36. The van der Waals surface area contributed by atoms with Gasteiger partial charge in [-0.15, -0.1) is 11.3 Å². The molecule has 6 nitrogen and oxygen atoms in total. The van der Waals surface area contributed by atoms with E-state index in [-0.39, 0.29) is 11.5 Å². The summed E-state index contributed by atoms with van der Waals surface area (Å²) in [5, 5.41) is 13.0. The van der Waals surface area contributed by atoms with Crippen LogP contribution in [-0.4, -0.2) is 23.3 Å². The molecule has 0 radical (unpaired) electrons. The largest absolute Gasteiger partial charge is 0.391 e. The molecule has 0 amide bonds. The van der Waals surface area contributed by atoms with Crippen LogP contribution in [0.1, 0.15) is 11.8 Å². The molecule has 0 aliphatic rings. The summed E-state index contributed by atoms with van der Waals surface area (Å²) in [7, 11) is -3.68. The van der Waals surface area contributed by atoms with E-state index in [2.05, 4.69) is 25.8 Å². The zero-order valence-corrected chi connectivity index (χ0v) is 13.2. The molecule has 2 heterocycles. The topological polar surface area (TPSA) is 84.2 Å². The van der Waals surface area contributed by atoms with Crippen LogP contribution in [0.15, 0.2) is 27.1 Å². The number of aliphatic hydroxyl groups excluding tert-OH is 1. The van der Waals surface area contributed by atoms with Crippen molar-refractivity contribution in [1.82, 2.24) is 9.78 Å². The van der Waals surface area contributed by atoms with Gasteiger partial charge in [-0.1, -0.05) is 0 Å². The van der Waals surface area contributed by atoms with Gasteiger partial charge in [-0.2, -0.15) is 5.10 Å². The fourth-order valence-corrected chi connectivity index (χ4v) is 5.03. The first-order valence-electron chi connectivity index (χ1n) is 5.40. The van der Waals surface area contributed by atoms with E-state index in [1.165, 1.54) is 23.6 Å². The van der Waals surface area contributed by atoms with Crippen LogP contribution in [0.5, 0.6) is 0 Å². The first kappa shape index (κ1) is 14.5. The quantitative estimate of drug-likeness (QED) is 0.848. The summed E-state index contributed by atoms with van der Waals surface area (Å²) >= 11 is 4.38. The molecule has 2 aromatic rings. The van der Waals surface area contributed by atoms with Gasteiger partial charge in [0.1, 0.15) is 4.90 Å². The number of nitrogens with zero attached hydrogens (tertiary/aromatic N) is 2. The normalized spacial score (nSPS) is 11.7. The van der Waals surface area contributed by atoms with Crippen molar-refractivity contribution in [2.75, 3.05) is 4.72 Å². The Morgan fingerprint density at radius 1 is 1.58 bits per heavy atom. The molecular formula is C10H12BrN3O3S2. The maximum atomic E-state index is 12.2. The van der Waals surface area contributed by atoms with E-state index in [1.807, 2.05) is 6.92 Å². The monoisotopic (exact) mass is 365 g/mol. The van der Waals surface area contributed by atoms with E-state index in [1.54, 1.807) is 10.9 Å². The van der Waals surface area contributed by atoms with E-state index in [0.717, 1.165) is 0 Å². The Hall–Kier alpha value is -0.900. The summed E-state index contributed by atoms with van der Waals surface area (Å²) < 4.78 is 28.9. The molecule has 0 fully saturated rings. The average molecular weight is 366 g/mol. The Kier molecular flexibility index (Phi) is 4.29. The Morgan fingerprint density at radius 3 is 2.84 bits per heavy atom. The molecular weight excluding hydrogens is 354 g/mol. The van der Waals surface area contributed by atoms with Crippen molar-refractivity contribution in [3.63, 3.8) is 0 Å². The molecule has 2 aromatic heterocycles.